The predicted molar refractivity (Wildman–Crippen MR) is 44.5 cm³/mol. The second-order valence-corrected chi connectivity index (χ2v) is 2.26. The van der Waals surface area contributed by atoms with E-state index in [-0.39, 0.29) is 0 Å². The number of nitrogens with zero attached hydrogens (tertiary/aromatic N) is 1. The van der Waals surface area contributed by atoms with Gasteiger partial charge in [0.15, 0.2) is 0 Å². The number of hydrogen-bond acceptors (Lipinski definition) is 4. The van der Waals surface area contributed by atoms with Crippen molar-refractivity contribution in [3.63, 3.8) is 0 Å². The van der Waals surface area contributed by atoms with E-state index in [0.29, 0.717) is 5.96 Å². The highest BCUT2D eigenvalue weighted by atomic mass is 15.4. The summed E-state index contributed by atoms with van der Waals surface area (Å²) in [5.74, 6) is 0.392. The molecule has 11 heavy (non-hydrogen) atoms. The number of aliphatic imine (C=N–C) groups is 1. The molecule has 0 aromatic heterocycles. The lowest BCUT2D eigenvalue weighted by Crippen LogP contribution is -2.37. The molecule has 1 aliphatic heterocycles. The molecule has 2 rings (SSSR count). The molecule has 0 spiro atoms. The van der Waals surface area contributed by atoms with Crippen molar-refractivity contribution in [2.75, 3.05) is 5.43 Å². The van der Waals surface area contributed by atoms with Crippen molar-refractivity contribution in [2.45, 2.75) is 0 Å². The van der Waals surface area contributed by atoms with E-state index in [2.05, 4.69) is 15.8 Å². The smallest absolute Gasteiger partial charge is 0.212 e. The lowest BCUT2D eigenvalue weighted by Gasteiger charge is -2.15. The van der Waals surface area contributed by atoms with Gasteiger partial charge >= 0.3 is 0 Å². The zero-order valence-electron chi connectivity index (χ0n) is 5.83. The zero-order valence-corrected chi connectivity index (χ0v) is 5.83. The maximum absolute atomic E-state index is 5.43. The number of nitrogens with two attached hydrogens (primary N) is 1. The number of rotatable bonds is 0. The molecular weight excluding hydrogens is 140 g/mol. The van der Waals surface area contributed by atoms with E-state index in [9.17, 15) is 0 Å². The van der Waals surface area contributed by atoms with Crippen molar-refractivity contribution in [1.29, 1.82) is 0 Å². The summed E-state index contributed by atoms with van der Waals surface area (Å²) < 4.78 is 0. The number of para-hydroxylation sites is 2. The Morgan fingerprint density at radius 3 is 2.91 bits per heavy atom. The number of hydrogen-bond donors (Lipinski definition) is 3. The number of guanidine groups is 1. The molecule has 0 fully saturated rings. The Hall–Kier alpha value is -1.71. The minimum atomic E-state index is 0.392. The first kappa shape index (κ1) is 6.03. The van der Waals surface area contributed by atoms with Crippen LogP contribution < -0.4 is 16.6 Å². The molecule has 0 radical (unpaired) electrons. The van der Waals surface area contributed by atoms with E-state index in [1.165, 1.54) is 0 Å². The molecule has 1 aromatic carbocycles. The topological polar surface area (TPSA) is 62.4 Å². The summed E-state index contributed by atoms with van der Waals surface area (Å²) in [6.45, 7) is 0. The summed E-state index contributed by atoms with van der Waals surface area (Å²) in [7, 11) is 0. The molecule has 4 N–H and O–H groups in total. The number of benzene rings is 1. The van der Waals surface area contributed by atoms with Gasteiger partial charge in [0, 0.05) is 0 Å². The molecule has 0 atom stereocenters. The van der Waals surface area contributed by atoms with Crippen molar-refractivity contribution in [2.24, 2.45) is 10.7 Å². The summed E-state index contributed by atoms with van der Waals surface area (Å²) in [5, 5.41) is 0. The highest BCUT2D eigenvalue weighted by Crippen LogP contribution is 2.24. The standard InChI is InChI=1S/C7H8N4/c8-7-9-5-3-1-2-4-6(5)10-11-7/h1-4,10H,(H3,8,9,11). The van der Waals surface area contributed by atoms with Gasteiger partial charge in [0.1, 0.15) is 0 Å². The molecule has 4 nitrogen and oxygen atoms in total. The summed E-state index contributed by atoms with van der Waals surface area (Å²) in [5.41, 5.74) is 12.9. The number of hydrazine groups is 1. The first-order valence-electron chi connectivity index (χ1n) is 3.31. The molecular formula is C7H8N4. The Labute approximate surface area is 64.1 Å². The summed E-state index contributed by atoms with van der Waals surface area (Å²) in [6.07, 6.45) is 0. The predicted octanol–water partition coefficient (Wildman–Crippen LogP) is 0.563. The zero-order chi connectivity index (χ0) is 7.68. The van der Waals surface area contributed by atoms with Gasteiger partial charge in [-0.1, -0.05) is 12.1 Å². The molecule has 0 bridgehead atoms. The third-order valence-corrected chi connectivity index (χ3v) is 1.47. The Morgan fingerprint density at radius 2 is 2.00 bits per heavy atom. The van der Waals surface area contributed by atoms with Crippen LogP contribution in [0.3, 0.4) is 0 Å². The second-order valence-electron chi connectivity index (χ2n) is 2.26. The molecule has 0 amide bonds. The normalized spacial score (nSPS) is 14.0. The molecule has 0 unspecified atom stereocenters. The third-order valence-electron chi connectivity index (χ3n) is 1.47. The Balaban J connectivity index is 2.51. The van der Waals surface area contributed by atoms with Crippen LogP contribution in [0, 0.1) is 0 Å². The van der Waals surface area contributed by atoms with Gasteiger partial charge in [-0.05, 0) is 12.1 Å². The molecule has 0 saturated carbocycles. The Bertz CT molecular complexity index is 305. The van der Waals surface area contributed by atoms with Gasteiger partial charge in [0.05, 0.1) is 11.4 Å². The third kappa shape index (κ3) is 0.980. The lowest BCUT2D eigenvalue weighted by molar-refractivity contribution is 1.07. The van der Waals surface area contributed by atoms with Crippen LogP contribution in [0.2, 0.25) is 0 Å². The SMILES string of the molecule is NC1=Nc2ccccc2NN1. The highest BCUT2D eigenvalue weighted by Gasteiger charge is 2.05. The fourth-order valence-electron chi connectivity index (χ4n) is 0.966. The van der Waals surface area contributed by atoms with Gasteiger partial charge in [0.25, 0.3) is 0 Å². The van der Waals surface area contributed by atoms with Crippen molar-refractivity contribution >= 4 is 17.3 Å². The van der Waals surface area contributed by atoms with Crippen molar-refractivity contribution in [3.8, 4) is 0 Å². The van der Waals surface area contributed by atoms with Crippen LogP contribution in [0.5, 0.6) is 0 Å². The van der Waals surface area contributed by atoms with Crippen LogP contribution in [0.4, 0.5) is 11.4 Å². The van der Waals surface area contributed by atoms with Crippen molar-refractivity contribution in [1.82, 2.24) is 5.43 Å². The average molecular weight is 148 g/mol. The summed E-state index contributed by atoms with van der Waals surface area (Å²) in [6, 6.07) is 7.68. The highest BCUT2D eigenvalue weighted by molar-refractivity contribution is 5.88. The van der Waals surface area contributed by atoms with E-state index in [4.69, 9.17) is 5.73 Å². The maximum atomic E-state index is 5.43. The minimum Gasteiger partial charge on any atom is -0.368 e. The van der Waals surface area contributed by atoms with Crippen LogP contribution in [0.25, 0.3) is 0 Å². The van der Waals surface area contributed by atoms with Gasteiger partial charge in [-0.25, -0.2) is 4.99 Å². The summed E-state index contributed by atoms with van der Waals surface area (Å²) >= 11 is 0. The molecule has 1 heterocycles. The van der Waals surface area contributed by atoms with E-state index in [1.807, 2.05) is 24.3 Å². The fourth-order valence-corrected chi connectivity index (χ4v) is 0.966. The van der Waals surface area contributed by atoms with Crippen LogP contribution in [-0.4, -0.2) is 5.96 Å². The van der Waals surface area contributed by atoms with Crippen LogP contribution in [0.1, 0.15) is 0 Å². The monoisotopic (exact) mass is 148 g/mol. The van der Waals surface area contributed by atoms with E-state index < -0.39 is 0 Å². The number of nitrogens with one attached hydrogen (secondary N) is 2. The maximum Gasteiger partial charge on any atom is 0.212 e. The fraction of sp³-hybridized carbons (Fsp3) is 0. The van der Waals surface area contributed by atoms with Crippen LogP contribution in [-0.2, 0) is 0 Å². The van der Waals surface area contributed by atoms with Gasteiger partial charge < -0.3 is 5.73 Å². The second kappa shape index (κ2) is 2.16. The Kier molecular flexibility index (Phi) is 1.18. The largest absolute Gasteiger partial charge is 0.368 e. The van der Waals surface area contributed by atoms with Gasteiger partial charge in [0.2, 0.25) is 5.96 Å². The first-order valence-corrected chi connectivity index (χ1v) is 3.31. The molecule has 0 aliphatic carbocycles. The minimum absolute atomic E-state index is 0.392. The van der Waals surface area contributed by atoms with Gasteiger partial charge in [-0.15, -0.1) is 0 Å². The Morgan fingerprint density at radius 1 is 1.18 bits per heavy atom. The van der Waals surface area contributed by atoms with E-state index >= 15 is 0 Å². The molecule has 0 saturated heterocycles. The first-order chi connectivity index (χ1) is 5.36. The van der Waals surface area contributed by atoms with Crippen molar-refractivity contribution in [3.05, 3.63) is 24.3 Å². The molecule has 1 aromatic rings. The molecule has 4 heteroatoms. The lowest BCUT2D eigenvalue weighted by atomic mass is 10.3. The molecule has 1 aliphatic rings. The number of fused-ring (bicyclic) bond motifs is 1. The van der Waals surface area contributed by atoms with E-state index in [1.54, 1.807) is 0 Å². The quantitative estimate of drug-likeness (QED) is 0.504. The average Bonchev–Trinajstić information content (AvgIpc) is 2.04. The van der Waals surface area contributed by atoms with Gasteiger partial charge in [-0.2, -0.15) is 0 Å². The van der Waals surface area contributed by atoms with Crippen molar-refractivity contribution < 1.29 is 0 Å². The van der Waals surface area contributed by atoms with Crippen LogP contribution >= 0.6 is 0 Å². The van der Waals surface area contributed by atoms with E-state index in [0.717, 1.165) is 11.4 Å². The number of anilines is 1. The van der Waals surface area contributed by atoms with Gasteiger partial charge in [-0.3, -0.25) is 10.9 Å². The van der Waals surface area contributed by atoms with Crippen LogP contribution in [0.15, 0.2) is 29.3 Å². The summed E-state index contributed by atoms with van der Waals surface area (Å²) in [4.78, 5) is 4.07. The molecule has 56 valence electrons.